The first kappa shape index (κ1) is 13.3. The van der Waals surface area contributed by atoms with E-state index in [0.717, 1.165) is 32.5 Å². The zero-order chi connectivity index (χ0) is 12.5. The molecule has 0 aromatic carbocycles. The van der Waals surface area contributed by atoms with Gasteiger partial charge in [-0.05, 0) is 31.8 Å². The van der Waals surface area contributed by atoms with Crippen LogP contribution in [0, 0.1) is 5.92 Å². The largest absolute Gasteiger partial charge is 0.329 e. The van der Waals surface area contributed by atoms with Gasteiger partial charge in [0.25, 0.3) is 0 Å². The average molecular weight is 261 g/mol. The van der Waals surface area contributed by atoms with E-state index >= 15 is 0 Å². The van der Waals surface area contributed by atoms with Crippen molar-refractivity contribution < 1.29 is 8.42 Å². The molecule has 0 aromatic heterocycles. The third kappa shape index (κ3) is 2.99. The van der Waals surface area contributed by atoms with E-state index in [1.54, 1.807) is 4.31 Å². The SMILES string of the molecule is CC1CN(C2CCN(CCN)CC2)S(=O)(=O)C1. The Morgan fingerprint density at radius 1 is 1.29 bits per heavy atom. The molecular weight excluding hydrogens is 238 g/mol. The molecule has 1 unspecified atom stereocenters. The smallest absolute Gasteiger partial charge is 0.214 e. The van der Waals surface area contributed by atoms with Crippen LogP contribution >= 0.6 is 0 Å². The Labute approximate surface area is 104 Å². The number of sulfonamides is 1. The highest BCUT2D eigenvalue weighted by Crippen LogP contribution is 2.26. The first-order valence-corrected chi connectivity index (χ1v) is 8.06. The molecule has 2 aliphatic rings. The van der Waals surface area contributed by atoms with Crippen LogP contribution < -0.4 is 5.73 Å². The van der Waals surface area contributed by atoms with E-state index in [1.165, 1.54) is 0 Å². The van der Waals surface area contributed by atoms with Crippen molar-refractivity contribution in [3.8, 4) is 0 Å². The summed E-state index contributed by atoms with van der Waals surface area (Å²) in [5.41, 5.74) is 5.53. The van der Waals surface area contributed by atoms with Gasteiger partial charge >= 0.3 is 0 Å². The van der Waals surface area contributed by atoms with E-state index in [4.69, 9.17) is 5.73 Å². The highest BCUT2D eigenvalue weighted by molar-refractivity contribution is 7.89. The maximum Gasteiger partial charge on any atom is 0.214 e. The highest BCUT2D eigenvalue weighted by Gasteiger charge is 2.39. The summed E-state index contributed by atoms with van der Waals surface area (Å²) in [4.78, 5) is 2.32. The molecule has 2 aliphatic heterocycles. The van der Waals surface area contributed by atoms with Gasteiger partial charge in [-0.1, -0.05) is 6.92 Å². The lowest BCUT2D eigenvalue weighted by Crippen LogP contribution is -2.46. The van der Waals surface area contributed by atoms with Gasteiger partial charge in [-0.2, -0.15) is 4.31 Å². The number of hydrogen-bond acceptors (Lipinski definition) is 4. The molecule has 0 amide bonds. The second-order valence-corrected chi connectivity index (χ2v) is 7.28. The van der Waals surface area contributed by atoms with E-state index in [2.05, 4.69) is 4.90 Å². The second-order valence-electron chi connectivity index (χ2n) is 5.31. The van der Waals surface area contributed by atoms with Crippen LogP contribution in [0.4, 0.5) is 0 Å². The van der Waals surface area contributed by atoms with Gasteiger partial charge in [0.15, 0.2) is 0 Å². The lowest BCUT2D eigenvalue weighted by Gasteiger charge is -2.35. The maximum absolute atomic E-state index is 12.0. The lowest BCUT2D eigenvalue weighted by atomic mass is 10.0. The second kappa shape index (κ2) is 5.22. The number of likely N-dealkylation sites (tertiary alicyclic amines) is 1. The number of nitrogens with zero attached hydrogens (tertiary/aromatic N) is 2. The molecule has 17 heavy (non-hydrogen) atoms. The Morgan fingerprint density at radius 3 is 2.41 bits per heavy atom. The van der Waals surface area contributed by atoms with Crippen LogP contribution in [0.15, 0.2) is 0 Å². The topological polar surface area (TPSA) is 66.6 Å². The Hall–Kier alpha value is -0.170. The summed E-state index contributed by atoms with van der Waals surface area (Å²) in [5.74, 6) is 0.609. The fourth-order valence-corrected chi connectivity index (χ4v) is 5.08. The van der Waals surface area contributed by atoms with Crippen molar-refractivity contribution in [2.24, 2.45) is 11.7 Å². The predicted molar refractivity (Wildman–Crippen MR) is 68.2 cm³/mol. The summed E-state index contributed by atoms with van der Waals surface area (Å²) in [7, 11) is -2.98. The van der Waals surface area contributed by atoms with Gasteiger partial charge in [0, 0.05) is 25.7 Å². The van der Waals surface area contributed by atoms with E-state index in [-0.39, 0.29) is 12.0 Å². The normalized spacial score (nSPS) is 32.0. The van der Waals surface area contributed by atoms with Crippen LogP contribution in [0.5, 0.6) is 0 Å². The number of piperidine rings is 1. The Kier molecular flexibility index (Phi) is 4.07. The van der Waals surface area contributed by atoms with Gasteiger partial charge in [0.2, 0.25) is 10.0 Å². The van der Waals surface area contributed by atoms with Crippen LogP contribution in [0.3, 0.4) is 0 Å². The zero-order valence-electron chi connectivity index (χ0n) is 10.5. The third-order valence-electron chi connectivity index (χ3n) is 3.75. The molecule has 0 bridgehead atoms. The minimum Gasteiger partial charge on any atom is -0.329 e. The molecule has 6 heteroatoms. The molecule has 5 nitrogen and oxygen atoms in total. The summed E-state index contributed by atoms with van der Waals surface area (Å²) in [6.07, 6.45) is 1.90. The summed E-state index contributed by atoms with van der Waals surface area (Å²) in [5, 5.41) is 0. The fraction of sp³-hybridized carbons (Fsp3) is 1.00. The molecule has 2 N–H and O–H groups in total. The highest BCUT2D eigenvalue weighted by atomic mass is 32.2. The van der Waals surface area contributed by atoms with Gasteiger partial charge in [-0.3, -0.25) is 0 Å². The van der Waals surface area contributed by atoms with Crippen molar-refractivity contribution in [3.63, 3.8) is 0 Å². The van der Waals surface area contributed by atoms with Crippen molar-refractivity contribution >= 4 is 10.0 Å². The van der Waals surface area contributed by atoms with Gasteiger partial charge < -0.3 is 10.6 Å². The van der Waals surface area contributed by atoms with Crippen LogP contribution in [-0.4, -0.2) is 62.1 Å². The van der Waals surface area contributed by atoms with Gasteiger partial charge in [-0.15, -0.1) is 0 Å². The molecule has 1 atom stereocenters. The Morgan fingerprint density at radius 2 is 1.94 bits per heavy atom. The molecule has 0 saturated carbocycles. The van der Waals surface area contributed by atoms with Crippen LogP contribution in [0.25, 0.3) is 0 Å². The molecule has 0 spiro atoms. The summed E-state index contributed by atoms with van der Waals surface area (Å²) in [6.45, 7) is 6.29. The fourth-order valence-electron chi connectivity index (χ4n) is 2.92. The minimum absolute atomic E-state index is 0.221. The Bertz CT molecular complexity index is 350. The quantitative estimate of drug-likeness (QED) is 0.757. The van der Waals surface area contributed by atoms with Crippen molar-refractivity contribution in [3.05, 3.63) is 0 Å². The van der Waals surface area contributed by atoms with E-state index in [9.17, 15) is 8.42 Å². The van der Waals surface area contributed by atoms with Crippen LogP contribution in [0.1, 0.15) is 19.8 Å². The maximum atomic E-state index is 12.0. The molecule has 0 aromatic rings. The summed E-state index contributed by atoms with van der Waals surface area (Å²) >= 11 is 0. The summed E-state index contributed by atoms with van der Waals surface area (Å²) in [6, 6.07) is 0.221. The van der Waals surface area contributed by atoms with Gasteiger partial charge in [0.1, 0.15) is 0 Å². The molecule has 0 aliphatic carbocycles. The molecule has 2 heterocycles. The van der Waals surface area contributed by atoms with Gasteiger partial charge in [0.05, 0.1) is 5.75 Å². The number of nitrogens with two attached hydrogens (primary N) is 1. The summed E-state index contributed by atoms with van der Waals surface area (Å²) < 4.78 is 25.7. The molecule has 100 valence electrons. The first-order valence-electron chi connectivity index (χ1n) is 6.45. The van der Waals surface area contributed by atoms with Crippen LogP contribution in [-0.2, 0) is 10.0 Å². The molecule has 0 radical (unpaired) electrons. The predicted octanol–water partition coefficient (Wildman–Crippen LogP) is -0.309. The van der Waals surface area contributed by atoms with Crippen LogP contribution in [0.2, 0.25) is 0 Å². The van der Waals surface area contributed by atoms with E-state index < -0.39 is 10.0 Å². The van der Waals surface area contributed by atoms with E-state index in [0.29, 0.717) is 18.8 Å². The minimum atomic E-state index is -2.98. The van der Waals surface area contributed by atoms with Crippen molar-refractivity contribution in [2.45, 2.75) is 25.8 Å². The van der Waals surface area contributed by atoms with Crippen molar-refractivity contribution in [1.29, 1.82) is 0 Å². The zero-order valence-corrected chi connectivity index (χ0v) is 11.3. The van der Waals surface area contributed by atoms with E-state index in [1.807, 2.05) is 6.92 Å². The molecular formula is C11H23N3O2S. The third-order valence-corrected chi connectivity index (χ3v) is 5.91. The van der Waals surface area contributed by atoms with Crippen molar-refractivity contribution in [1.82, 2.24) is 9.21 Å². The lowest BCUT2D eigenvalue weighted by molar-refractivity contribution is 0.163. The van der Waals surface area contributed by atoms with Crippen molar-refractivity contribution in [2.75, 3.05) is 38.5 Å². The monoisotopic (exact) mass is 261 g/mol. The standard InChI is InChI=1S/C11H23N3O2S/c1-10-8-14(17(15,16)9-10)11-2-5-13(6-3-11)7-4-12/h10-11H,2-9,12H2,1H3. The van der Waals surface area contributed by atoms with Gasteiger partial charge in [-0.25, -0.2) is 8.42 Å². The molecule has 2 saturated heterocycles. The number of hydrogen-bond donors (Lipinski definition) is 1. The molecule has 2 rings (SSSR count). The Balaban J connectivity index is 1.93. The average Bonchev–Trinajstić information content (AvgIpc) is 2.53. The number of rotatable bonds is 3. The molecule has 2 fully saturated rings. The first-order chi connectivity index (χ1) is 8.03.